The fourth-order valence-corrected chi connectivity index (χ4v) is 5.02. The van der Waals surface area contributed by atoms with Crippen LogP contribution in [0.2, 0.25) is 0 Å². The van der Waals surface area contributed by atoms with E-state index in [1.54, 1.807) is 42.5 Å². The third-order valence-electron chi connectivity index (χ3n) is 5.34. The molecule has 8 heteroatoms. The molecule has 1 saturated heterocycles. The predicted octanol–water partition coefficient (Wildman–Crippen LogP) is 3.98. The summed E-state index contributed by atoms with van der Waals surface area (Å²) >= 11 is 0. The van der Waals surface area contributed by atoms with Gasteiger partial charge in [0.15, 0.2) is 11.5 Å². The molecule has 0 bridgehead atoms. The topological polar surface area (TPSA) is 84.9 Å². The highest BCUT2D eigenvalue weighted by Gasteiger charge is 2.26. The first-order valence-electron chi connectivity index (χ1n) is 11.2. The quantitative estimate of drug-likeness (QED) is 0.513. The maximum absolute atomic E-state index is 12.6. The van der Waals surface area contributed by atoms with Gasteiger partial charge in [-0.25, -0.2) is 8.42 Å². The van der Waals surface area contributed by atoms with E-state index >= 15 is 0 Å². The van der Waals surface area contributed by atoms with E-state index in [-0.39, 0.29) is 10.8 Å². The van der Waals surface area contributed by atoms with Crippen LogP contribution in [0.4, 0.5) is 0 Å². The molecule has 0 aliphatic carbocycles. The number of amides is 1. The second-order valence-corrected chi connectivity index (χ2v) is 9.67. The predicted molar refractivity (Wildman–Crippen MR) is 124 cm³/mol. The van der Waals surface area contributed by atoms with E-state index in [0.29, 0.717) is 49.9 Å². The van der Waals surface area contributed by atoms with Crippen molar-refractivity contribution in [3.05, 3.63) is 53.6 Å². The third kappa shape index (κ3) is 6.01. The third-order valence-corrected chi connectivity index (χ3v) is 7.25. The lowest BCUT2D eigenvalue weighted by molar-refractivity contribution is 0.0950. The van der Waals surface area contributed by atoms with Crippen molar-refractivity contribution in [2.24, 2.45) is 0 Å². The number of carbonyl (C=O) groups excluding carboxylic acids is 1. The maximum atomic E-state index is 12.6. The minimum Gasteiger partial charge on any atom is -0.490 e. The van der Waals surface area contributed by atoms with Crippen molar-refractivity contribution < 1.29 is 22.7 Å². The Hall–Kier alpha value is -2.58. The van der Waals surface area contributed by atoms with Crippen LogP contribution in [0.15, 0.2) is 47.4 Å². The van der Waals surface area contributed by atoms with Crippen LogP contribution < -0.4 is 14.8 Å². The van der Waals surface area contributed by atoms with Crippen molar-refractivity contribution in [2.75, 3.05) is 26.3 Å². The van der Waals surface area contributed by atoms with E-state index < -0.39 is 10.0 Å². The SMILES string of the molecule is CCCCOc1ccc(C(=O)NCc2ccc(S(=O)(=O)N3CCCC3)cc2)cc1OCC. The Labute approximate surface area is 190 Å². The van der Waals surface area contributed by atoms with Gasteiger partial charge in [-0.05, 0) is 62.1 Å². The number of carbonyl (C=O) groups is 1. The average Bonchev–Trinajstić information content (AvgIpc) is 3.35. The molecule has 0 unspecified atom stereocenters. The minimum absolute atomic E-state index is 0.236. The molecule has 1 amide bonds. The van der Waals surface area contributed by atoms with Gasteiger partial charge >= 0.3 is 0 Å². The molecule has 1 heterocycles. The normalized spacial score (nSPS) is 14.3. The van der Waals surface area contributed by atoms with Gasteiger partial charge in [0, 0.05) is 25.2 Å². The molecular weight excluding hydrogens is 428 g/mol. The number of nitrogens with zero attached hydrogens (tertiary/aromatic N) is 1. The summed E-state index contributed by atoms with van der Waals surface area (Å²) in [7, 11) is -3.43. The number of rotatable bonds is 11. The van der Waals surface area contributed by atoms with Gasteiger partial charge in [0.2, 0.25) is 10.0 Å². The average molecular weight is 461 g/mol. The summed E-state index contributed by atoms with van der Waals surface area (Å²) in [5.41, 5.74) is 1.30. The zero-order valence-corrected chi connectivity index (χ0v) is 19.6. The number of hydrogen-bond donors (Lipinski definition) is 1. The van der Waals surface area contributed by atoms with Crippen molar-refractivity contribution in [3.8, 4) is 11.5 Å². The Morgan fingerprint density at radius 3 is 2.38 bits per heavy atom. The van der Waals surface area contributed by atoms with Crippen molar-refractivity contribution in [2.45, 2.75) is 51.0 Å². The fraction of sp³-hybridized carbons (Fsp3) is 0.458. The minimum atomic E-state index is -3.43. The van der Waals surface area contributed by atoms with Gasteiger partial charge in [-0.1, -0.05) is 25.5 Å². The summed E-state index contributed by atoms with van der Waals surface area (Å²) in [6.07, 6.45) is 3.79. The van der Waals surface area contributed by atoms with Crippen molar-refractivity contribution in [3.63, 3.8) is 0 Å². The highest BCUT2D eigenvalue weighted by Crippen LogP contribution is 2.29. The van der Waals surface area contributed by atoms with Crippen molar-refractivity contribution in [1.29, 1.82) is 0 Å². The second kappa shape index (κ2) is 11.3. The van der Waals surface area contributed by atoms with E-state index in [2.05, 4.69) is 12.2 Å². The van der Waals surface area contributed by atoms with Crippen molar-refractivity contribution in [1.82, 2.24) is 9.62 Å². The second-order valence-electron chi connectivity index (χ2n) is 7.73. The lowest BCUT2D eigenvalue weighted by atomic mass is 10.1. The summed E-state index contributed by atoms with van der Waals surface area (Å²) in [5, 5.41) is 2.87. The molecule has 2 aromatic rings. The molecule has 0 radical (unpaired) electrons. The highest BCUT2D eigenvalue weighted by molar-refractivity contribution is 7.89. The smallest absolute Gasteiger partial charge is 0.251 e. The van der Waals surface area contributed by atoms with Gasteiger partial charge in [-0.2, -0.15) is 4.31 Å². The lowest BCUT2D eigenvalue weighted by Crippen LogP contribution is -2.28. The largest absolute Gasteiger partial charge is 0.490 e. The number of hydrogen-bond acceptors (Lipinski definition) is 5. The molecule has 1 aliphatic rings. The standard InChI is InChI=1S/C24H32N2O5S/c1-3-5-16-31-22-13-10-20(17-23(22)30-4-2)24(27)25-18-19-8-11-21(12-9-19)32(28,29)26-14-6-7-15-26/h8-13,17H,3-7,14-16,18H2,1-2H3,(H,25,27). The van der Waals surface area contributed by atoms with Gasteiger partial charge < -0.3 is 14.8 Å². The molecule has 1 N–H and O–H groups in total. The molecular formula is C24H32N2O5S. The number of sulfonamides is 1. The molecule has 0 aromatic heterocycles. The molecule has 0 saturated carbocycles. The highest BCUT2D eigenvalue weighted by atomic mass is 32.2. The van der Waals surface area contributed by atoms with Crippen molar-refractivity contribution >= 4 is 15.9 Å². The first kappa shape index (κ1) is 24.1. The Bertz CT molecular complexity index is 1000. The Morgan fingerprint density at radius 2 is 1.72 bits per heavy atom. The van der Waals surface area contributed by atoms with E-state index in [4.69, 9.17) is 9.47 Å². The molecule has 1 aliphatic heterocycles. The molecule has 32 heavy (non-hydrogen) atoms. The van der Waals surface area contributed by atoms with Crippen LogP contribution in [0.25, 0.3) is 0 Å². The molecule has 0 atom stereocenters. The molecule has 1 fully saturated rings. The summed E-state index contributed by atoms with van der Waals surface area (Å²) in [6, 6.07) is 11.8. The van der Waals surface area contributed by atoms with Crippen LogP contribution in [0.3, 0.4) is 0 Å². The van der Waals surface area contributed by atoms with Crippen LogP contribution in [-0.4, -0.2) is 44.9 Å². The summed E-state index contributed by atoms with van der Waals surface area (Å²) < 4.78 is 38.2. The summed E-state index contributed by atoms with van der Waals surface area (Å²) in [6.45, 7) is 6.50. The van der Waals surface area contributed by atoms with Crippen LogP contribution in [0.5, 0.6) is 11.5 Å². The number of unbranched alkanes of at least 4 members (excludes halogenated alkanes) is 1. The van der Waals surface area contributed by atoms with Gasteiger partial charge in [-0.3, -0.25) is 4.79 Å². The van der Waals surface area contributed by atoms with Gasteiger partial charge in [-0.15, -0.1) is 0 Å². The zero-order chi connectivity index (χ0) is 23.0. The monoisotopic (exact) mass is 460 g/mol. The van der Waals surface area contributed by atoms with E-state index in [0.717, 1.165) is 31.2 Å². The van der Waals surface area contributed by atoms with Crippen LogP contribution in [0.1, 0.15) is 55.5 Å². The van der Waals surface area contributed by atoms with Crippen LogP contribution in [-0.2, 0) is 16.6 Å². The number of benzene rings is 2. The van der Waals surface area contributed by atoms with E-state index in [9.17, 15) is 13.2 Å². The van der Waals surface area contributed by atoms with Gasteiger partial charge in [0.1, 0.15) is 0 Å². The number of nitrogens with one attached hydrogen (secondary N) is 1. The Kier molecular flexibility index (Phi) is 8.53. The maximum Gasteiger partial charge on any atom is 0.251 e. The summed E-state index contributed by atoms with van der Waals surface area (Å²) in [4.78, 5) is 12.9. The van der Waals surface area contributed by atoms with Gasteiger partial charge in [0.25, 0.3) is 5.91 Å². The lowest BCUT2D eigenvalue weighted by Gasteiger charge is -2.16. The molecule has 7 nitrogen and oxygen atoms in total. The van der Waals surface area contributed by atoms with Crippen LogP contribution in [0, 0.1) is 0 Å². The number of ether oxygens (including phenoxy) is 2. The molecule has 174 valence electrons. The Balaban J connectivity index is 1.61. The molecule has 2 aromatic carbocycles. The van der Waals surface area contributed by atoms with E-state index in [1.165, 1.54) is 4.31 Å². The molecule has 3 rings (SSSR count). The Morgan fingerprint density at radius 1 is 1.00 bits per heavy atom. The van der Waals surface area contributed by atoms with Crippen LogP contribution >= 0.6 is 0 Å². The van der Waals surface area contributed by atoms with E-state index in [1.807, 2.05) is 6.92 Å². The molecule has 0 spiro atoms. The zero-order valence-electron chi connectivity index (χ0n) is 18.8. The first-order chi connectivity index (χ1) is 15.5. The fourth-order valence-electron chi connectivity index (χ4n) is 3.50. The summed E-state index contributed by atoms with van der Waals surface area (Å²) in [5.74, 6) is 0.944. The van der Waals surface area contributed by atoms with Gasteiger partial charge in [0.05, 0.1) is 18.1 Å². The first-order valence-corrected chi connectivity index (χ1v) is 12.7.